The molecule has 0 aromatic carbocycles. The summed E-state index contributed by atoms with van der Waals surface area (Å²) in [5, 5.41) is 4.04. The van der Waals surface area contributed by atoms with Crippen LogP contribution in [-0.2, 0) is 16.2 Å². The third kappa shape index (κ3) is 5.14. The Morgan fingerprint density at radius 3 is 2.76 bits per heavy atom. The molecule has 0 saturated heterocycles. The molecule has 1 aromatic heterocycles. The Balaban J connectivity index is 2.33. The first-order valence-electron chi connectivity index (χ1n) is 5.62. The van der Waals surface area contributed by atoms with E-state index >= 15 is 0 Å². The van der Waals surface area contributed by atoms with Crippen molar-refractivity contribution in [2.75, 3.05) is 13.7 Å². The average molecular weight is 256 g/mol. The van der Waals surface area contributed by atoms with Gasteiger partial charge in [-0.25, -0.2) is 9.48 Å². The van der Waals surface area contributed by atoms with Crippen molar-refractivity contribution in [1.82, 2.24) is 9.78 Å². The standard InChI is InChI=1S/C11H20N2O3Si/c1-15-11(14)10-5-6-13(12-10)9-16-7-8-17(2,3)4/h5-6H,7-9H2,1-4H3. The fourth-order valence-electron chi connectivity index (χ4n) is 1.18. The zero-order valence-corrected chi connectivity index (χ0v) is 11.9. The molecule has 0 aliphatic carbocycles. The molecule has 0 unspecified atom stereocenters. The van der Waals surface area contributed by atoms with Gasteiger partial charge in [0.1, 0.15) is 6.73 Å². The molecule has 6 heteroatoms. The molecule has 0 aliphatic heterocycles. The third-order valence-electron chi connectivity index (χ3n) is 2.26. The van der Waals surface area contributed by atoms with Gasteiger partial charge in [0, 0.05) is 20.9 Å². The fourth-order valence-corrected chi connectivity index (χ4v) is 1.94. The lowest BCUT2D eigenvalue weighted by atomic mass is 10.4. The highest BCUT2D eigenvalue weighted by Gasteiger charge is 2.12. The Morgan fingerprint density at radius 1 is 1.47 bits per heavy atom. The predicted octanol–water partition coefficient (Wildman–Crippen LogP) is 1.98. The van der Waals surface area contributed by atoms with Gasteiger partial charge in [0.15, 0.2) is 5.69 Å². The summed E-state index contributed by atoms with van der Waals surface area (Å²) in [6.45, 7) is 8.03. The molecule has 0 spiro atoms. The Morgan fingerprint density at radius 2 is 2.18 bits per heavy atom. The van der Waals surface area contributed by atoms with E-state index in [9.17, 15) is 4.79 Å². The van der Waals surface area contributed by atoms with E-state index in [2.05, 4.69) is 29.5 Å². The maximum absolute atomic E-state index is 11.2. The van der Waals surface area contributed by atoms with Crippen molar-refractivity contribution in [1.29, 1.82) is 0 Å². The summed E-state index contributed by atoms with van der Waals surface area (Å²) >= 11 is 0. The van der Waals surface area contributed by atoms with E-state index in [-0.39, 0.29) is 0 Å². The van der Waals surface area contributed by atoms with Crippen molar-refractivity contribution in [3.8, 4) is 0 Å². The summed E-state index contributed by atoms with van der Waals surface area (Å²) in [5.74, 6) is -0.425. The van der Waals surface area contributed by atoms with Crippen LogP contribution >= 0.6 is 0 Å². The predicted molar refractivity (Wildman–Crippen MR) is 67.7 cm³/mol. The first kappa shape index (κ1) is 13.9. The molecule has 0 fully saturated rings. The number of hydrogen-bond donors (Lipinski definition) is 0. The van der Waals surface area contributed by atoms with Crippen LogP contribution in [0, 0.1) is 0 Å². The Hall–Kier alpha value is -1.14. The number of rotatable bonds is 6. The molecule has 0 amide bonds. The molecule has 0 atom stereocenters. The van der Waals surface area contributed by atoms with E-state index in [1.807, 2.05) is 0 Å². The molecule has 1 aromatic rings. The molecule has 1 rings (SSSR count). The van der Waals surface area contributed by atoms with Gasteiger partial charge >= 0.3 is 5.97 Å². The van der Waals surface area contributed by atoms with Crippen molar-refractivity contribution in [2.24, 2.45) is 0 Å². The number of aromatic nitrogens is 2. The molecule has 17 heavy (non-hydrogen) atoms. The normalized spacial score (nSPS) is 11.5. The zero-order chi connectivity index (χ0) is 12.9. The minimum atomic E-state index is -1.04. The van der Waals surface area contributed by atoms with Crippen LogP contribution in [0.4, 0.5) is 0 Å². The second-order valence-electron chi connectivity index (χ2n) is 5.08. The third-order valence-corrected chi connectivity index (χ3v) is 3.96. The fraction of sp³-hybridized carbons (Fsp3) is 0.636. The van der Waals surface area contributed by atoms with E-state index in [1.165, 1.54) is 7.11 Å². The zero-order valence-electron chi connectivity index (χ0n) is 10.9. The van der Waals surface area contributed by atoms with Crippen LogP contribution in [-0.4, -0.2) is 37.5 Å². The lowest BCUT2D eigenvalue weighted by Gasteiger charge is -2.15. The van der Waals surface area contributed by atoms with E-state index in [0.717, 1.165) is 12.7 Å². The van der Waals surface area contributed by atoms with Gasteiger partial charge < -0.3 is 9.47 Å². The lowest BCUT2D eigenvalue weighted by Crippen LogP contribution is -2.22. The van der Waals surface area contributed by atoms with Gasteiger partial charge in [-0.05, 0) is 12.1 Å². The topological polar surface area (TPSA) is 53.4 Å². The number of nitrogens with zero attached hydrogens (tertiary/aromatic N) is 2. The first-order chi connectivity index (χ1) is 7.92. The number of methoxy groups -OCH3 is 1. The van der Waals surface area contributed by atoms with Gasteiger partial charge in [-0.2, -0.15) is 5.10 Å². The van der Waals surface area contributed by atoms with Crippen molar-refractivity contribution in [2.45, 2.75) is 32.4 Å². The summed E-state index contributed by atoms with van der Waals surface area (Å²) < 4.78 is 11.7. The van der Waals surface area contributed by atoms with Gasteiger partial charge in [0.25, 0.3) is 0 Å². The highest BCUT2D eigenvalue weighted by Crippen LogP contribution is 2.07. The van der Waals surface area contributed by atoms with Crippen LogP contribution in [0.1, 0.15) is 10.5 Å². The minimum absolute atomic E-state index is 0.307. The molecule has 1 heterocycles. The smallest absolute Gasteiger partial charge is 0.358 e. The van der Waals surface area contributed by atoms with Gasteiger partial charge in [0.05, 0.1) is 7.11 Å². The van der Waals surface area contributed by atoms with E-state index in [4.69, 9.17) is 4.74 Å². The summed E-state index contributed by atoms with van der Waals surface area (Å²) in [4.78, 5) is 11.2. The molecule has 0 bridgehead atoms. The highest BCUT2D eigenvalue weighted by molar-refractivity contribution is 6.76. The maximum atomic E-state index is 11.2. The molecule has 0 N–H and O–H groups in total. The van der Waals surface area contributed by atoms with E-state index in [1.54, 1.807) is 16.9 Å². The highest BCUT2D eigenvalue weighted by atomic mass is 28.3. The molecular weight excluding hydrogens is 236 g/mol. The Bertz CT molecular complexity index is 371. The SMILES string of the molecule is COC(=O)c1ccn(COCC[Si](C)(C)C)n1. The number of esters is 1. The Kier molecular flexibility index (Phi) is 4.89. The van der Waals surface area contributed by atoms with Crippen LogP contribution < -0.4 is 0 Å². The quantitative estimate of drug-likeness (QED) is 0.444. The van der Waals surface area contributed by atoms with Crippen LogP contribution in [0.5, 0.6) is 0 Å². The van der Waals surface area contributed by atoms with Crippen LogP contribution in [0.15, 0.2) is 12.3 Å². The van der Waals surface area contributed by atoms with Crippen molar-refractivity contribution < 1.29 is 14.3 Å². The lowest BCUT2D eigenvalue weighted by molar-refractivity contribution is 0.0582. The second-order valence-corrected chi connectivity index (χ2v) is 10.7. The Labute approximate surface area is 103 Å². The first-order valence-corrected chi connectivity index (χ1v) is 9.32. The monoisotopic (exact) mass is 256 g/mol. The van der Waals surface area contributed by atoms with Crippen molar-refractivity contribution in [3.05, 3.63) is 18.0 Å². The van der Waals surface area contributed by atoms with Crippen molar-refractivity contribution in [3.63, 3.8) is 0 Å². The minimum Gasteiger partial charge on any atom is -0.464 e. The number of carbonyl (C=O) groups is 1. The largest absolute Gasteiger partial charge is 0.464 e. The summed E-state index contributed by atoms with van der Waals surface area (Å²) in [6, 6.07) is 2.74. The molecule has 0 radical (unpaired) electrons. The van der Waals surface area contributed by atoms with Gasteiger partial charge in [-0.1, -0.05) is 19.6 Å². The van der Waals surface area contributed by atoms with E-state index in [0.29, 0.717) is 12.4 Å². The molecule has 0 saturated carbocycles. The van der Waals surface area contributed by atoms with Gasteiger partial charge in [-0.3, -0.25) is 0 Å². The summed E-state index contributed by atoms with van der Waals surface area (Å²) in [5.41, 5.74) is 0.307. The molecule has 0 aliphatic rings. The average Bonchev–Trinajstić information content (AvgIpc) is 2.70. The van der Waals surface area contributed by atoms with Crippen molar-refractivity contribution >= 4 is 14.0 Å². The van der Waals surface area contributed by atoms with Crippen LogP contribution in [0.3, 0.4) is 0 Å². The van der Waals surface area contributed by atoms with Crippen LogP contribution in [0.25, 0.3) is 0 Å². The number of ether oxygens (including phenoxy) is 2. The summed E-state index contributed by atoms with van der Waals surface area (Å²) in [7, 11) is 0.296. The molecular formula is C11H20N2O3Si. The second kappa shape index (κ2) is 5.97. The van der Waals surface area contributed by atoms with Gasteiger partial charge in [-0.15, -0.1) is 0 Å². The van der Waals surface area contributed by atoms with Crippen LogP contribution in [0.2, 0.25) is 25.7 Å². The van der Waals surface area contributed by atoms with Gasteiger partial charge in [0.2, 0.25) is 0 Å². The number of carbonyl (C=O) groups excluding carboxylic acids is 1. The summed E-state index contributed by atoms with van der Waals surface area (Å²) in [6.07, 6.45) is 1.71. The molecule has 5 nitrogen and oxygen atoms in total. The number of hydrogen-bond acceptors (Lipinski definition) is 4. The van der Waals surface area contributed by atoms with E-state index < -0.39 is 14.0 Å². The maximum Gasteiger partial charge on any atom is 0.358 e. The molecule has 96 valence electrons.